The molecule has 0 unspecified atom stereocenters. The summed E-state index contributed by atoms with van der Waals surface area (Å²) in [6, 6.07) is 17.2. The van der Waals surface area contributed by atoms with Gasteiger partial charge in [0, 0.05) is 5.57 Å². The van der Waals surface area contributed by atoms with E-state index < -0.39 is 0 Å². The molecule has 3 heteroatoms. The predicted octanol–water partition coefficient (Wildman–Crippen LogP) is 4.66. The minimum Gasteiger partial charge on any atom is -0.506 e. The number of hydrogen-bond acceptors (Lipinski definition) is 2. The van der Waals surface area contributed by atoms with Gasteiger partial charge in [-0.3, -0.25) is 0 Å². The minimum absolute atomic E-state index is 0.0764. The normalized spacial score (nSPS) is 10.7. The second-order valence-corrected chi connectivity index (χ2v) is 4.93. The second kappa shape index (κ2) is 4.99. The van der Waals surface area contributed by atoms with Gasteiger partial charge >= 0.3 is 0 Å². The molecule has 0 radical (unpaired) electrons. The summed E-state index contributed by atoms with van der Waals surface area (Å²) >= 11 is 5.88. The minimum atomic E-state index is 0.0764. The van der Waals surface area contributed by atoms with Gasteiger partial charge in [-0.1, -0.05) is 54.6 Å². The Morgan fingerprint density at radius 3 is 2.55 bits per heavy atom. The van der Waals surface area contributed by atoms with Crippen molar-refractivity contribution in [1.29, 1.82) is 0 Å². The zero-order valence-electron chi connectivity index (χ0n) is 10.7. The standard InChI is InChI=1S/C17H12ClNO/c1-11(17-15(20)8-9-16(18)19-17)13-7-6-12-4-2-3-5-14(12)10-13/h2-10,20H,1H2. The molecule has 0 saturated carbocycles. The smallest absolute Gasteiger partial charge is 0.141 e. The Balaban J connectivity index is 2.10. The van der Waals surface area contributed by atoms with Crippen LogP contribution in [0.5, 0.6) is 5.75 Å². The first kappa shape index (κ1) is 12.7. The number of aromatic nitrogens is 1. The third-order valence-corrected chi connectivity index (χ3v) is 3.43. The highest BCUT2D eigenvalue weighted by molar-refractivity contribution is 6.29. The van der Waals surface area contributed by atoms with Gasteiger partial charge in [0.15, 0.2) is 0 Å². The van der Waals surface area contributed by atoms with Gasteiger partial charge in [-0.15, -0.1) is 0 Å². The van der Waals surface area contributed by atoms with E-state index in [0.29, 0.717) is 16.4 Å². The molecule has 98 valence electrons. The van der Waals surface area contributed by atoms with Crippen molar-refractivity contribution in [3.63, 3.8) is 0 Å². The Kier molecular flexibility index (Phi) is 3.17. The van der Waals surface area contributed by atoms with E-state index in [2.05, 4.69) is 17.6 Å². The number of nitrogens with zero attached hydrogens (tertiary/aromatic N) is 1. The van der Waals surface area contributed by atoms with Crippen molar-refractivity contribution >= 4 is 27.9 Å². The highest BCUT2D eigenvalue weighted by atomic mass is 35.5. The first-order valence-electron chi connectivity index (χ1n) is 6.19. The van der Waals surface area contributed by atoms with Crippen LogP contribution in [0, 0.1) is 0 Å². The van der Waals surface area contributed by atoms with Crippen LogP contribution in [0.2, 0.25) is 5.15 Å². The molecule has 0 aliphatic rings. The number of aromatic hydroxyl groups is 1. The lowest BCUT2D eigenvalue weighted by molar-refractivity contribution is 0.471. The third-order valence-electron chi connectivity index (χ3n) is 3.22. The van der Waals surface area contributed by atoms with Crippen LogP contribution >= 0.6 is 11.6 Å². The molecule has 2 nitrogen and oxygen atoms in total. The van der Waals surface area contributed by atoms with Crippen LogP contribution in [-0.4, -0.2) is 10.1 Å². The van der Waals surface area contributed by atoms with Crippen LogP contribution < -0.4 is 0 Å². The molecule has 3 aromatic rings. The second-order valence-electron chi connectivity index (χ2n) is 4.54. The fourth-order valence-electron chi connectivity index (χ4n) is 2.16. The zero-order chi connectivity index (χ0) is 14.1. The lowest BCUT2D eigenvalue weighted by Crippen LogP contribution is -1.92. The van der Waals surface area contributed by atoms with E-state index >= 15 is 0 Å². The molecule has 3 rings (SSSR count). The lowest BCUT2D eigenvalue weighted by Gasteiger charge is -2.09. The maximum atomic E-state index is 9.90. The van der Waals surface area contributed by atoms with Gasteiger partial charge in [0.1, 0.15) is 16.6 Å². The Labute approximate surface area is 122 Å². The van der Waals surface area contributed by atoms with Crippen molar-refractivity contribution in [1.82, 2.24) is 4.98 Å². The van der Waals surface area contributed by atoms with Crippen LogP contribution in [0.4, 0.5) is 0 Å². The van der Waals surface area contributed by atoms with Crippen molar-refractivity contribution in [3.05, 3.63) is 77.6 Å². The average Bonchev–Trinajstić information content (AvgIpc) is 2.48. The molecule has 0 atom stereocenters. The molecule has 0 spiro atoms. The fraction of sp³-hybridized carbons (Fsp3) is 0. The van der Waals surface area contributed by atoms with Crippen LogP contribution in [-0.2, 0) is 0 Å². The average molecular weight is 282 g/mol. The highest BCUT2D eigenvalue weighted by Gasteiger charge is 2.10. The molecule has 1 aromatic heterocycles. The number of fused-ring (bicyclic) bond motifs is 1. The summed E-state index contributed by atoms with van der Waals surface area (Å²) < 4.78 is 0. The maximum Gasteiger partial charge on any atom is 0.141 e. The fourth-order valence-corrected chi connectivity index (χ4v) is 2.31. The summed E-state index contributed by atoms with van der Waals surface area (Å²) in [5.41, 5.74) is 1.97. The lowest BCUT2D eigenvalue weighted by atomic mass is 9.99. The van der Waals surface area contributed by atoms with E-state index in [4.69, 9.17) is 11.6 Å². The Bertz CT molecular complexity index is 811. The summed E-state index contributed by atoms with van der Waals surface area (Å²) in [5, 5.41) is 12.5. The predicted molar refractivity (Wildman–Crippen MR) is 83.0 cm³/mol. The van der Waals surface area contributed by atoms with Crippen LogP contribution in [0.25, 0.3) is 16.3 Å². The maximum absolute atomic E-state index is 9.90. The first-order valence-corrected chi connectivity index (χ1v) is 6.57. The zero-order valence-corrected chi connectivity index (χ0v) is 11.4. The summed E-state index contributed by atoms with van der Waals surface area (Å²) in [4.78, 5) is 4.14. The molecule has 2 aromatic carbocycles. The summed E-state index contributed by atoms with van der Waals surface area (Å²) in [6.45, 7) is 4.02. The number of benzene rings is 2. The third kappa shape index (κ3) is 2.26. The van der Waals surface area contributed by atoms with E-state index in [-0.39, 0.29) is 5.75 Å². The largest absolute Gasteiger partial charge is 0.506 e. The first-order chi connectivity index (χ1) is 9.65. The van der Waals surface area contributed by atoms with E-state index in [1.54, 1.807) is 6.07 Å². The Morgan fingerprint density at radius 2 is 1.75 bits per heavy atom. The quantitative estimate of drug-likeness (QED) is 0.693. The van der Waals surface area contributed by atoms with E-state index in [0.717, 1.165) is 16.3 Å². The van der Waals surface area contributed by atoms with Crippen molar-refractivity contribution in [2.45, 2.75) is 0 Å². The van der Waals surface area contributed by atoms with Gasteiger partial charge in [0.25, 0.3) is 0 Å². The topological polar surface area (TPSA) is 33.1 Å². The van der Waals surface area contributed by atoms with Crippen molar-refractivity contribution in [2.24, 2.45) is 0 Å². The number of pyridine rings is 1. The summed E-state index contributed by atoms with van der Waals surface area (Å²) in [7, 11) is 0. The van der Waals surface area contributed by atoms with Gasteiger partial charge in [-0.2, -0.15) is 0 Å². The molecule has 20 heavy (non-hydrogen) atoms. The summed E-state index contributed by atoms with van der Waals surface area (Å²) in [6.07, 6.45) is 0. The van der Waals surface area contributed by atoms with Crippen molar-refractivity contribution in [2.75, 3.05) is 0 Å². The molecule has 0 saturated heterocycles. The van der Waals surface area contributed by atoms with Crippen LogP contribution in [0.1, 0.15) is 11.3 Å². The van der Waals surface area contributed by atoms with E-state index in [9.17, 15) is 5.11 Å². The molecule has 0 aliphatic carbocycles. The molecular weight excluding hydrogens is 270 g/mol. The Morgan fingerprint density at radius 1 is 1.00 bits per heavy atom. The van der Waals surface area contributed by atoms with E-state index in [1.807, 2.05) is 36.4 Å². The van der Waals surface area contributed by atoms with Gasteiger partial charge in [0.05, 0.1) is 0 Å². The molecule has 1 heterocycles. The summed E-state index contributed by atoms with van der Waals surface area (Å²) in [5.74, 6) is 0.0764. The molecule has 0 fully saturated rings. The van der Waals surface area contributed by atoms with Crippen LogP contribution in [0.3, 0.4) is 0 Å². The van der Waals surface area contributed by atoms with Gasteiger partial charge in [-0.05, 0) is 34.5 Å². The monoisotopic (exact) mass is 281 g/mol. The molecule has 0 bridgehead atoms. The molecular formula is C17H12ClNO. The van der Waals surface area contributed by atoms with Gasteiger partial charge < -0.3 is 5.11 Å². The van der Waals surface area contributed by atoms with Crippen LogP contribution in [0.15, 0.2) is 61.2 Å². The molecule has 0 amide bonds. The van der Waals surface area contributed by atoms with E-state index in [1.165, 1.54) is 6.07 Å². The number of hydrogen-bond donors (Lipinski definition) is 1. The van der Waals surface area contributed by atoms with Crippen molar-refractivity contribution in [3.8, 4) is 5.75 Å². The Hall–Kier alpha value is -2.32. The number of rotatable bonds is 2. The molecule has 0 aliphatic heterocycles. The highest BCUT2D eigenvalue weighted by Crippen LogP contribution is 2.30. The SMILES string of the molecule is C=C(c1ccc2ccccc2c1)c1nc(Cl)ccc1O. The molecule has 1 N–H and O–H groups in total. The van der Waals surface area contributed by atoms with Gasteiger partial charge in [-0.25, -0.2) is 4.98 Å². The van der Waals surface area contributed by atoms with Crippen molar-refractivity contribution < 1.29 is 5.11 Å². The number of halogens is 1. The van der Waals surface area contributed by atoms with Gasteiger partial charge in [0.2, 0.25) is 0 Å².